The Balaban J connectivity index is 1.91. The highest BCUT2D eigenvalue weighted by Gasteiger charge is 2.16. The number of rotatable bonds is 4. The first-order chi connectivity index (χ1) is 13.5. The molecule has 0 fully saturated rings. The van der Waals surface area contributed by atoms with Crippen molar-refractivity contribution in [3.05, 3.63) is 78.4 Å². The Kier molecular flexibility index (Phi) is 4.74. The van der Waals surface area contributed by atoms with E-state index in [-0.39, 0.29) is 11.7 Å². The van der Waals surface area contributed by atoms with E-state index in [0.29, 0.717) is 11.3 Å². The molecule has 140 valence electrons. The molecule has 0 bridgehead atoms. The first-order valence-corrected chi connectivity index (χ1v) is 9.26. The summed E-state index contributed by atoms with van der Waals surface area (Å²) in [5.74, 6) is 1.32. The van der Waals surface area contributed by atoms with Gasteiger partial charge in [0.2, 0.25) is 5.95 Å². The monoisotopic (exact) mass is 372 g/mol. The Morgan fingerprint density at radius 1 is 0.893 bits per heavy atom. The van der Waals surface area contributed by atoms with Gasteiger partial charge < -0.3 is 0 Å². The molecule has 0 aliphatic carbocycles. The molecule has 0 spiro atoms. The van der Waals surface area contributed by atoms with Crippen molar-refractivity contribution in [3.63, 3.8) is 0 Å². The van der Waals surface area contributed by atoms with Gasteiger partial charge in [0, 0.05) is 29.9 Å². The van der Waals surface area contributed by atoms with E-state index in [1.807, 2.05) is 54.4 Å². The summed E-state index contributed by atoms with van der Waals surface area (Å²) in [4.78, 5) is 15.8. The van der Waals surface area contributed by atoms with E-state index < -0.39 is 0 Å². The van der Waals surface area contributed by atoms with E-state index in [1.54, 1.807) is 18.3 Å². The topological polar surface area (TPSA) is 41.9 Å². The average Bonchev–Trinajstić information content (AvgIpc) is 2.74. The summed E-state index contributed by atoms with van der Waals surface area (Å²) in [5, 5.41) is 1.42. The zero-order valence-electron chi connectivity index (χ0n) is 16.1. The number of halogens is 1. The molecule has 0 saturated carbocycles. The SMILES string of the molecule is CC(C)c1cc(-c2ccc(F)c3ccccc23)nc(N(C)c2ccccn2)n1. The largest absolute Gasteiger partial charge is 0.298 e. The van der Waals surface area contributed by atoms with Crippen molar-refractivity contribution in [1.82, 2.24) is 15.0 Å². The predicted octanol–water partition coefficient (Wildman–Crippen LogP) is 5.72. The molecule has 0 saturated heterocycles. The fraction of sp³-hybridized carbons (Fsp3) is 0.174. The molecule has 4 rings (SSSR count). The lowest BCUT2D eigenvalue weighted by atomic mass is 10.00. The van der Waals surface area contributed by atoms with Crippen molar-refractivity contribution in [2.45, 2.75) is 19.8 Å². The number of pyridine rings is 1. The Morgan fingerprint density at radius 3 is 2.36 bits per heavy atom. The van der Waals surface area contributed by atoms with Crippen LogP contribution in [0.2, 0.25) is 0 Å². The van der Waals surface area contributed by atoms with E-state index in [4.69, 9.17) is 9.97 Å². The average molecular weight is 372 g/mol. The summed E-state index contributed by atoms with van der Waals surface area (Å²) < 4.78 is 14.3. The minimum Gasteiger partial charge on any atom is -0.298 e. The van der Waals surface area contributed by atoms with Crippen LogP contribution in [0, 0.1) is 5.82 Å². The predicted molar refractivity (Wildman–Crippen MR) is 111 cm³/mol. The quantitative estimate of drug-likeness (QED) is 0.459. The van der Waals surface area contributed by atoms with Gasteiger partial charge in [-0.05, 0) is 41.6 Å². The molecule has 5 heteroatoms. The second kappa shape index (κ2) is 7.35. The van der Waals surface area contributed by atoms with Crippen molar-refractivity contribution in [1.29, 1.82) is 0 Å². The molecule has 4 aromatic rings. The van der Waals surface area contributed by atoms with Crippen molar-refractivity contribution in [2.24, 2.45) is 0 Å². The van der Waals surface area contributed by atoms with Gasteiger partial charge in [-0.2, -0.15) is 0 Å². The summed E-state index contributed by atoms with van der Waals surface area (Å²) in [6.45, 7) is 4.19. The van der Waals surface area contributed by atoms with Crippen LogP contribution in [0.4, 0.5) is 16.2 Å². The van der Waals surface area contributed by atoms with Crippen LogP contribution >= 0.6 is 0 Å². The third-order valence-electron chi connectivity index (χ3n) is 4.77. The van der Waals surface area contributed by atoms with Gasteiger partial charge in [0.25, 0.3) is 0 Å². The van der Waals surface area contributed by atoms with Crippen molar-refractivity contribution >= 4 is 22.5 Å². The highest BCUT2D eigenvalue weighted by atomic mass is 19.1. The first kappa shape index (κ1) is 18.0. The molecule has 2 aromatic carbocycles. The highest BCUT2D eigenvalue weighted by molar-refractivity contribution is 5.96. The second-order valence-electron chi connectivity index (χ2n) is 7.02. The maximum atomic E-state index is 14.3. The number of aromatic nitrogens is 3. The minimum absolute atomic E-state index is 0.226. The van der Waals surface area contributed by atoms with E-state index in [0.717, 1.165) is 28.2 Å². The fourth-order valence-corrected chi connectivity index (χ4v) is 3.18. The lowest BCUT2D eigenvalue weighted by molar-refractivity contribution is 0.640. The molecule has 0 amide bonds. The minimum atomic E-state index is -0.233. The summed E-state index contributed by atoms with van der Waals surface area (Å²) in [5.41, 5.74) is 2.58. The van der Waals surface area contributed by atoms with E-state index >= 15 is 0 Å². The standard InChI is InChI=1S/C23H21FN4/c1-15(2)20-14-21(18-11-12-19(24)17-9-5-4-8-16(17)18)27-23(26-20)28(3)22-10-6-7-13-25-22/h4-15H,1-3H3. The van der Waals surface area contributed by atoms with Crippen LogP contribution in [0.25, 0.3) is 22.0 Å². The lowest BCUT2D eigenvalue weighted by Gasteiger charge is -2.19. The van der Waals surface area contributed by atoms with Gasteiger partial charge >= 0.3 is 0 Å². The zero-order valence-corrected chi connectivity index (χ0v) is 16.1. The van der Waals surface area contributed by atoms with Crippen LogP contribution in [0.3, 0.4) is 0 Å². The molecular weight excluding hydrogens is 351 g/mol. The van der Waals surface area contributed by atoms with Crippen LogP contribution < -0.4 is 4.90 Å². The zero-order chi connectivity index (χ0) is 19.7. The normalized spacial score (nSPS) is 11.2. The molecular formula is C23H21FN4. The molecule has 0 unspecified atom stereocenters. The Morgan fingerprint density at radius 2 is 1.64 bits per heavy atom. The van der Waals surface area contributed by atoms with E-state index in [9.17, 15) is 4.39 Å². The van der Waals surface area contributed by atoms with Gasteiger partial charge in [-0.3, -0.25) is 4.90 Å². The van der Waals surface area contributed by atoms with Gasteiger partial charge in [-0.25, -0.2) is 19.3 Å². The summed E-state index contributed by atoms with van der Waals surface area (Å²) in [6.07, 6.45) is 1.74. The maximum absolute atomic E-state index is 14.3. The van der Waals surface area contributed by atoms with Crippen LogP contribution in [0.1, 0.15) is 25.5 Å². The van der Waals surface area contributed by atoms with Crippen molar-refractivity contribution < 1.29 is 4.39 Å². The molecule has 0 aliphatic heterocycles. The Bertz CT molecular complexity index is 1130. The third kappa shape index (κ3) is 3.31. The molecule has 0 radical (unpaired) electrons. The van der Waals surface area contributed by atoms with Gasteiger partial charge in [-0.15, -0.1) is 0 Å². The van der Waals surface area contributed by atoms with Crippen LogP contribution in [-0.4, -0.2) is 22.0 Å². The number of hydrogen-bond acceptors (Lipinski definition) is 4. The smallest absolute Gasteiger partial charge is 0.231 e. The summed E-state index contributed by atoms with van der Waals surface area (Å²) in [7, 11) is 1.90. The van der Waals surface area contributed by atoms with Crippen LogP contribution in [0.15, 0.2) is 66.9 Å². The second-order valence-corrected chi connectivity index (χ2v) is 7.02. The van der Waals surface area contributed by atoms with Gasteiger partial charge in [0.05, 0.1) is 5.69 Å². The number of anilines is 2. The first-order valence-electron chi connectivity index (χ1n) is 9.26. The molecule has 0 atom stereocenters. The highest BCUT2D eigenvalue weighted by Crippen LogP contribution is 2.32. The number of fused-ring (bicyclic) bond motifs is 1. The summed E-state index contributed by atoms with van der Waals surface area (Å²) >= 11 is 0. The van der Waals surface area contributed by atoms with Gasteiger partial charge in [-0.1, -0.05) is 44.2 Å². The van der Waals surface area contributed by atoms with Gasteiger partial charge in [0.15, 0.2) is 0 Å². The molecule has 4 nitrogen and oxygen atoms in total. The molecule has 28 heavy (non-hydrogen) atoms. The summed E-state index contributed by atoms with van der Waals surface area (Å²) in [6, 6.07) is 18.5. The molecule has 2 aromatic heterocycles. The van der Waals surface area contributed by atoms with Crippen molar-refractivity contribution in [2.75, 3.05) is 11.9 Å². The molecule has 0 aliphatic rings. The van der Waals surface area contributed by atoms with Crippen LogP contribution in [0.5, 0.6) is 0 Å². The third-order valence-corrected chi connectivity index (χ3v) is 4.77. The fourth-order valence-electron chi connectivity index (χ4n) is 3.18. The van der Waals surface area contributed by atoms with E-state index in [2.05, 4.69) is 18.8 Å². The Hall–Kier alpha value is -3.34. The number of hydrogen-bond donors (Lipinski definition) is 0. The maximum Gasteiger partial charge on any atom is 0.231 e. The van der Waals surface area contributed by atoms with Gasteiger partial charge in [0.1, 0.15) is 11.6 Å². The molecule has 2 heterocycles. The van der Waals surface area contributed by atoms with Crippen molar-refractivity contribution in [3.8, 4) is 11.3 Å². The lowest BCUT2D eigenvalue weighted by Crippen LogP contribution is -2.16. The number of benzene rings is 2. The Labute approximate surface area is 163 Å². The van der Waals surface area contributed by atoms with E-state index in [1.165, 1.54) is 6.07 Å². The number of nitrogens with zero attached hydrogens (tertiary/aromatic N) is 4. The van der Waals surface area contributed by atoms with Crippen LogP contribution in [-0.2, 0) is 0 Å². The molecule has 0 N–H and O–H groups in total.